The lowest BCUT2D eigenvalue weighted by Crippen LogP contribution is -2.47. The molecule has 0 spiro atoms. The van der Waals surface area contributed by atoms with E-state index in [1.807, 2.05) is 0 Å². The molecule has 108 valence electrons. The molecule has 2 unspecified atom stereocenters. The van der Waals surface area contributed by atoms with E-state index in [1.54, 1.807) is 0 Å². The zero-order valence-electron chi connectivity index (χ0n) is 12.7. The number of benzene rings is 2. The fourth-order valence-corrected chi connectivity index (χ4v) is 3.85. The number of ether oxygens (including phenoxy) is 1. The molecular formula is C19H21NO. The van der Waals surface area contributed by atoms with Crippen LogP contribution in [0.3, 0.4) is 0 Å². The van der Waals surface area contributed by atoms with Gasteiger partial charge in [-0.05, 0) is 25.6 Å². The molecule has 0 amide bonds. The van der Waals surface area contributed by atoms with Crippen molar-refractivity contribution in [3.63, 3.8) is 0 Å². The minimum Gasteiger partial charge on any atom is -0.482 e. The Morgan fingerprint density at radius 2 is 1.86 bits per heavy atom. The third kappa shape index (κ3) is 1.90. The lowest BCUT2D eigenvalue weighted by Gasteiger charge is -2.42. The molecule has 0 saturated carbocycles. The van der Waals surface area contributed by atoms with Gasteiger partial charge in [-0.1, -0.05) is 48.0 Å². The topological polar surface area (TPSA) is 12.5 Å². The van der Waals surface area contributed by atoms with E-state index in [0.29, 0.717) is 5.92 Å². The van der Waals surface area contributed by atoms with Crippen molar-refractivity contribution in [2.75, 3.05) is 20.1 Å². The van der Waals surface area contributed by atoms with Crippen LogP contribution >= 0.6 is 0 Å². The molecular weight excluding hydrogens is 258 g/mol. The van der Waals surface area contributed by atoms with E-state index in [2.05, 4.69) is 67.4 Å². The first-order valence-corrected chi connectivity index (χ1v) is 7.73. The average Bonchev–Trinajstić information content (AvgIpc) is 2.83. The first kappa shape index (κ1) is 12.9. The lowest BCUT2D eigenvalue weighted by molar-refractivity contribution is 0.00702. The molecule has 0 N–H and O–H groups in total. The largest absolute Gasteiger partial charge is 0.482 e. The number of likely N-dealkylation sites (tertiary alicyclic amines) is 1. The van der Waals surface area contributed by atoms with Gasteiger partial charge in [-0.15, -0.1) is 0 Å². The quantitative estimate of drug-likeness (QED) is 0.789. The summed E-state index contributed by atoms with van der Waals surface area (Å²) in [6, 6.07) is 17.4. The Labute approximate surface area is 126 Å². The molecule has 4 rings (SSSR count). The number of likely N-dealkylation sites (N-methyl/N-ethyl adjacent to an activating group) is 1. The van der Waals surface area contributed by atoms with E-state index in [4.69, 9.17) is 4.74 Å². The Morgan fingerprint density at radius 3 is 2.67 bits per heavy atom. The summed E-state index contributed by atoms with van der Waals surface area (Å²) < 4.78 is 6.55. The smallest absolute Gasteiger partial charge is 0.143 e. The van der Waals surface area contributed by atoms with E-state index in [0.717, 1.165) is 25.3 Å². The average molecular weight is 279 g/mol. The van der Waals surface area contributed by atoms with Crippen LogP contribution in [0.5, 0.6) is 5.75 Å². The molecule has 0 bridgehead atoms. The van der Waals surface area contributed by atoms with Crippen LogP contribution in [0.4, 0.5) is 0 Å². The van der Waals surface area contributed by atoms with Crippen molar-refractivity contribution >= 4 is 0 Å². The zero-order chi connectivity index (χ0) is 14.4. The molecule has 2 nitrogen and oxygen atoms in total. The van der Waals surface area contributed by atoms with Gasteiger partial charge < -0.3 is 9.64 Å². The van der Waals surface area contributed by atoms with Crippen LogP contribution in [0.1, 0.15) is 29.0 Å². The van der Waals surface area contributed by atoms with Gasteiger partial charge in [0.25, 0.3) is 0 Å². The maximum Gasteiger partial charge on any atom is 0.143 e. The lowest BCUT2D eigenvalue weighted by atomic mass is 9.74. The second kappa shape index (κ2) is 4.60. The Bertz CT molecular complexity index is 664. The fraction of sp³-hybridized carbons (Fsp3) is 0.368. The van der Waals surface area contributed by atoms with Crippen LogP contribution in [0.25, 0.3) is 0 Å². The van der Waals surface area contributed by atoms with Crippen molar-refractivity contribution < 1.29 is 4.74 Å². The molecule has 1 fully saturated rings. The SMILES string of the molecule is Cc1ccc(C23CCN(C)CC2c2ccccc2O3)cc1. The number of rotatable bonds is 1. The normalized spacial score (nSPS) is 27.8. The molecule has 1 saturated heterocycles. The first-order chi connectivity index (χ1) is 10.2. The molecule has 2 heteroatoms. The second-order valence-corrected chi connectivity index (χ2v) is 6.46. The predicted octanol–water partition coefficient (Wildman–Crippen LogP) is 3.70. The molecule has 2 aromatic carbocycles. The van der Waals surface area contributed by atoms with Crippen LogP contribution in [0.2, 0.25) is 0 Å². The predicted molar refractivity (Wildman–Crippen MR) is 84.8 cm³/mol. The zero-order valence-corrected chi connectivity index (χ0v) is 12.7. The van der Waals surface area contributed by atoms with Gasteiger partial charge in [0.1, 0.15) is 11.4 Å². The number of nitrogens with zero attached hydrogens (tertiary/aromatic N) is 1. The highest BCUT2D eigenvalue weighted by Crippen LogP contribution is 2.54. The van der Waals surface area contributed by atoms with Crippen molar-refractivity contribution in [3.05, 3.63) is 65.2 Å². The summed E-state index contributed by atoms with van der Waals surface area (Å²) in [5.74, 6) is 1.49. The molecule has 2 aromatic rings. The monoisotopic (exact) mass is 279 g/mol. The molecule has 21 heavy (non-hydrogen) atoms. The summed E-state index contributed by atoms with van der Waals surface area (Å²) in [5, 5.41) is 0. The van der Waals surface area contributed by atoms with Crippen LogP contribution in [-0.2, 0) is 5.60 Å². The van der Waals surface area contributed by atoms with Crippen molar-refractivity contribution in [1.29, 1.82) is 0 Å². The van der Waals surface area contributed by atoms with Crippen molar-refractivity contribution in [2.24, 2.45) is 0 Å². The Kier molecular flexibility index (Phi) is 2.83. The third-order valence-corrected chi connectivity index (χ3v) is 5.05. The van der Waals surface area contributed by atoms with Crippen LogP contribution in [0, 0.1) is 6.92 Å². The first-order valence-electron chi connectivity index (χ1n) is 7.73. The minimum absolute atomic E-state index is 0.177. The number of piperidine rings is 1. The fourth-order valence-electron chi connectivity index (χ4n) is 3.85. The van der Waals surface area contributed by atoms with Gasteiger partial charge in [-0.25, -0.2) is 0 Å². The van der Waals surface area contributed by atoms with Gasteiger partial charge in [-0.3, -0.25) is 0 Å². The van der Waals surface area contributed by atoms with E-state index < -0.39 is 0 Å². The van der Waals surface area contributed by atoms with Gasteiger partial charge in [-0.2, -0.15) is 0 Å². The van der Waals surface area contributed by atoms with E-state index in [9.17, 15) is 0 Å². The second-order valence-electron chi connectivity index (χ2n) is 6.46. The van der Waals surface area contributed by atoms with Crippen molar-refractivity contribution in [1.82, 2.24) is 4.90 Å². The number of fused-ring (bicyclic) bond motifs is 3. The maximum absolute atomic E-state index is 6.55. The number of hydrogen-bond acceptors (Lipinski definition) is 2. The van der Waals surface area contributed by atoms with Gasteiger partial charge in [0.05, 0.1) is 0 Å². The molecule has 0 aromatic heterocycles. The summed E-state index contributed by atoms with van der Waals surface area (Å²) in [7, 11) is 2.21. The molecule has 0 aliphatic carbocycles. The van der Waals surface area contributed by atoms with Gasteiger partial charge in [0.15, 0.2) is 0 Å². The molecule has 2 heterocycles. The summed E-state index contributed by atoms with van der Waals surface area (Å²) in [5.41, 5.74) is 3.81. The minimum atomic E-state index is -0.177. The highest BCUT2D eigenvalue weighted by Gasteiger charge is 2.51. The standard InChI is InChI=1S/C19H21NO/c1-14-7-9-15(10-8-14)19-11-12-20(2)13-17(19)16-5-3-4-6-18(16)21-19/h3-10,17H,11-13H2,1-2H3. The van der Waals surface area contributed by atoms with Crippen LogP contribution in [0.15, 0.2) is 48.5 Å². The molecule has 2 aliphatic heterocycles. The Balaban J connectivity index is 1.84. The number of para-hydroxylation sites is 1. The Morgan fingerprint density at radius 1 is 1.10 bits per heavy atom. The summed E-state index contributed by atoms with van der Waals surface area (Å²) >= 11 is 0. The van der Waals surface area contributed by atoms with E-state index in [1.165, 1.54) is 16.7 Å². The highest BCUT2D eigenvalue weighted by atomic mass is 16.5. The van der Waals surface area contributed by atoms with Crippen molar-refractivity contribution in [2.45, 2.75) is 24.9 Å². The van der Waals surface area contributed by atoms with Crippen LogP contribution in [-0.4, -0.2) is 25.0 Å². The summed E-state index contributed by atoms with van der Waals surface area (Å²) in [6.45, 7) is 4.28. The van der Waals surface area contributed by atoms with Gasteiger partial charge in [0.2, 0.25) is 0 Å². The molecule has 2 aliphatic rings. The third-order valence-electron chi connectivity index (χ3n) is 5.05. The molecule has 0 radical (unpaired) electrons. The van der Waals surface area contributed by atoms with E-state index >= 15 is 0 Å². The summed E-state index contributed by atoms with van der Waals surface area (Å²) in [6.07, 6.45) is 1.05. The molecule has 2 atom stereocenters. The summed E-state index contributed by atoms with van der Waals surface area (Å²) in [4.78, 5) is 2.42. The Hall–Kier alpha value is -1.80. The maximum atomic E-state index is 6.55. The van der Waals surface area contributed by atoms with Crippen LogP contribution < -0.4 is 4.74 Å². The van der Waals surface area contributed by atoms with Crippen molar-refractivity contribution in [3.8, 4) is 5.75 Å². The van der Waals surface area contributed by atoms with E-state index in [-0.39, 0.29) is 5.60 Å². The highest BCUT2D eigenvalue weighted by molar-refractivity contribution is 5.47. The number of hydrogen-bond donors (Lipinski definition) is 0. The van der Waals surface area contributed by atoms with Gasteiger partial charge in [0, 0.05) is 31.0 Å². The number of aryl methyl sites for hydroxylation is 1. The van der Waals surface area contributed by atoms with Gasteiger partial charge >= 0.3 is 0 Å².